The molecule has 4 rings (SSSR count). The molecule has 11 nitrogen and oxygen atoms in total. The normalized spacial score (nSPS) is 14.0. The molecule has 1 fully saturated rings. The molecule has 0 aliphatic carbocycles. The summed E-state index contributed by atoms with van der Waals surface area (Å²) in [6, 6.07) is 14.1. The smallest absolute Gasteiger partial charge is 0.319 e. The van der Waals surface area contributed by atoms with Gasteiger partial charge in [0.1, 0.15) is 23.1 Å². The number of amides is 3. The second-order valence-corrected chi connectivity index (χ2v) is 10.7. The van der Waals surface area contributed by atoms with Crippen molar-refractivity contribution in [3.8, 4) is 11.3 Å². The van der Waals surface area contributed by atoms with E-state index in [1.54, 1.807) is 30.5 Å². The summed E-state index contributed by atoms with van der Waals surface area (Å²) in [5.74, 6) is 2.14. The first-order chi connectivity index (χ1) is 18.9. The average Bonchev–Trinajstić information content (AvgIpc) is 2.94. The minimum absolute atomic E-state index is 0.189. The maximum absolute atomic E-state index is 12.9. The molecule has 206 valence electrons. The molecule has 1 aromatic carbocycles. The minimum Gasteiger partial charge on any atom is -0.616 e. The van der Waals surface area contributed by atoms with E-state index in [1.807, 2.05) is 31.2 Å². The van der Waals surface area contributed by atoms with Gasteiger partial charge in [-0.25, -0.2) is 14.8 Å². The summed E-state index contributed by atoms with van der Waals surface area (Å²) in [4.78, 5) is 36.1. The molecule has 12 heteroatoms. The third-order valence-electron chi connectivity index (χ3n) is 6.21. The van der Waals surface area contributed by atoms with Crippen molar-refractivity contribution in [1.82, 2.24) is 25.5 Å². The van der Waals surface area contributed by atoms with Gasteiger partial charge >= 0.3 is 6.03 Å². The van der Waals surface area contributed by atoms with Gasteiger partial charge in [0.25, 0.3) is 5.91 Å². The zero-order valence-corrected chi connectivity index (χ0v) is 22.7. The number of carbonyl (C=O) groups excluding carboxylic acids is 2. The molecule has 1 aliphatic rings. The molecule has 0 unspecified atom stereocenters. The number of aromatic nitrogens is 2. The van der Waals surface area contributed by atoms with Crippen molar-refractivity contribution in [2.75, 3.05) is 60.6 Å². The number of nitrogens with zero attached hydrogens (tertiary/aromatic N) is 3. The van der Waals surface area contributed by atoms with Crippen LogP contribution in [0.2, 0.25) is 0 Å². The van der Waals surface area contributed by atoms with Crippen LogP contribution in [0.1, 0.15) is 22.8 Å². The van der Waals surface area contributed by atoms with E-state index in [1.165, 1.54) is 0 Å². The van der Waals surface area contributed by atoms with Crippen molar-refractivity contribution in [2.45, 2.75) is 13.5 Å². The molecule has 1 aliphatic heterocycles. The molecule has 3 aromatic rings. The molecule has 1 saturated heterocycles. The zero-order valence-electron chi connectivity index (χ0n) is 21.9. The lowest BCUT2D eigenvalue weighted by Crippen LogP contribution is -2.43. The first kappa shape index (κ1) is 28.1. The van der Waals surface area contributed by atoms with Gasteiger partial charge in [0, 0.05) is 56.7 Å². The van der Waals surface area contributed by atoms with Crippen molar-refractivity contribution >= 4 is 40.4 Å². The van der Waals surface area contributed by atoms with Crippen LogP contribution in [-0.2, 0) is 17.7 Å². The van der Waals surface area contributed by atoms with Crippen molar-refractivity contribution in [3.63, 3.8) is 0 Å². The third kappa shape index (κ3) is 8.31. The predicted octanol–water partition coefficient (Wildman–Crippen LogP) is 2.27. The number of pyridine rings is 2. The predicted molar refractivity (Wildman–Crippen MR) is 155 cm³/mol. The Morgan fingerprint density at radius 1 is 1.05 bits per heavy atom. The molecule has 0 saturated carbocycles. The number of hydrogen-bond donors (Lipinski definition) is 5. The van der Waals surface area contributed by atoms with E-state index < -0.39 is 11.2 Å². The number of anilines is 3. The van der Waals surface area contributed by atoms with Crippen molar-refractivity contribution in [3.05, 3.63) is 65.9 Å². The van der Waals surface area contributed by atoms with Gasteiger partial charge in [-0.15, -0.1) is 0 Å². The molecule has 0 radical (unpaired) electrons. The van der Waals surface area contributed by atoms with E-state index in [-0.39, 0.29) is 11.9 Å². The minimum atomic E-state index is -0.713. The summed E-state index contributed by atoms with van der Waals surface area (Å²) in [6.45, 7) is 5.72. The molecular formula is C27H34N8O3S. The summed E-state index contributed by atoms with van der Waals surface area (Å²) < 4.78 is 11.5. The maximum Gasteiger partial charge on any atom is 0.319 e. The van der Waals surface area contributed by atoms with Crippen LogP contribution in [0, 0.1) is 0 Å². The molecule has 0 spiro atoms. The average molecular weight is 551 g/mol. The fourth-order valence-corrected chi connectivity index (χ4v) is 5.18. The lowest BCUT2D eigenvalue weighted by atomic mass is 10.1. The van der Waals surface area contributed by atoms with Gasteiger partial charge in [-0.2, -0.15) is 0 Å². The molecule has 3 amide bonds. The molecule has 6 N–H and O–H groups in total. The molecule has 39 heavy (non-hydrogen) atoms. The van der Waals surface area contributed by atoms with Crippen molar-refractivity contribution in [2.24, 2.45) is 0 Å². The Balaban J connectivity index is 1.32. The Morgan fingerprint density at radius 3 is 2.51 bits per heavy atom. The Kier molecular flexibility index (Phi) is 9.95. The van der Waals surface area contributed by atoms with Crippen molar-refractivity contribution in [1.29, 1.82) is 0 Å². The SMILES string of the molecule is CCNc1nc(-c2ccc(NC(=O)NCc3ccc(N)nc3)cc2)ccc1C(=O)NCCN1CC[S+]([O-])CC1. The number of rotatable bonds is 10. The molecule has 2 aromatic heterocycles. The first-order valence-electron chi connectivity index (χ1n) is 12.9. The lowest BCUT2D eigenvalue weighted by molar-refractivity contribution is 0.0949. The fourth-order valence-electron chi connectivity index (χ4n) is 4.05. The summed E-state index contributed by atoms with van der Waals surface area (Å²) >= 11 is -0.713. The lowest BCUT2D eigenvalue weighted by Gasteiger charge is -2.27. The van der Waals surface area contributed by atoms with Crippen LogP contribution in [0.4, 0.5) is 22.1 Å². The van der Waals surface area contributed by atoms with E-state index in [0.29, 0.717) is 59.7 Å². The Hall–Kier alpha value is -3.87. The molecular weight excluding hydrogens is 516 g/mol. The van der Waals surface area contributed by atoms with Gasteiger partial charge in [-0.3, -0.25) is 9.69 Å². The standard InChI is InChI=1S/C27H34N8O3S/c1-2-29-25-22(26(36)30-11-12-35-13-15-39(38)16-14-35)8-9-23(34-25)20-4-6-21(7-5-20)33-27(37)32-18-19-3-10-24(28)31-17-19/h3-10,17H,2,11-16,18H2,1H3,(H2,28,31)(H,29,34)(H,30,36)(H2,32,33,37). The van der Waals surface area contributed by atoms with Crippen LogP contribution in [-0.4, -0.2) is 75.6 Å². The summed E-state index contributed by atoms with van der Waals surface area (Å²) in [7, 11) is 0. The van der Waals surface area contributed by atoms with Crippen LogP contribution >= 0.6 is 0 Å². The van der Waals surface area contributed by atoms with E-state index in [9.17, 15) is 14.1 Å². The second-order valence-electron chi connectivity index (χ2n) is 9.04. The summed E-state index contributed by atoms with van der Waals surface area (Å²) in [6.07, 6.45) is 1.62. The van der Waals surface area contributed by atoms with Gasteiger partial charge < -0.3 is 31.6 Å². The second kappa shape index (κ2) is 13.8. The topological polar surface area (TPSA) is 160 Å². The number of nitrogen functional groups attached to an aromatic ring is 1. The Morgan fingerprint density at radius 2 is 1.82 bits per heavy atom. The van der Waals surface area contributed by atoms with E-state index >= 15 is 0 Å². The largest absolute Gasteiger partial charge is 0.616 e. The quantitative estimate of drug-likeness (QED) is 0.240. The zero-order chi connectivity index (χ0) is 27.6. The van der Waals surface area contributed by atoms with Crippen LogP contribution in [0.25, 0.3) is 11.3 Å². The van der Waals surface area contributed by atoms with Crippen LogP contribution < -0.4 is 27.0 Å². The molecule has 0 atom stereocenters. The number of nitrogens with two attached hydrogens (primary N) is 1. The van der Waals surface area contributed by atoms with E-state index in [4.69, 9.17) is 5.73 Å². The van der Waals surface area contributed by atoms with Crippen LogP contribution in [0.3, 0.4) is 0 Å². The highest BCUT2D eigenvalue weighted by Crippen LogP contribution is 2.23. The third-order valence-corrected chi connectivity index (χ3v) is 7.48. The highest BCUT2D eigenvalue weighted by molar-refractivity contribution is 7.91. The van der Waals surface area contributed by atoms with Gasteiger partial charge in [-0.05, 0) is 42.8 Å². The number of benzene rings is 1. The van der Waals surface area contributed by atoms with Gasteiger partial charge in [-0.1, -0.05) is 29.4 Å². The molecule has 0 bridgehead atoms. The van der Waals surface area contributed by atoms with Crippen molar-refractivity contribution < 1.29 is 14.1 Å². The highest BCUT2D eigenvalue weighted by Gasteiger charge is 2.19. The number of urea groups is 1. The first-order valence-corrected chi connectivity index (χ1v) is 14.4. The monoisotopic (exact) mass is 550 g/mol. The summed E-state index contributed by atoms with van der Waals surface area (Å²) in [5, 5.41) is 11.7. The van der Waals surface area contributed by atoms with Crippen LogP contribution in [0.15, 0.2) is 54.7 Å². The Labute approximate surface area is 231 Å². The van der Waals surface area contributed by atoms with Gasteiger partial charge in [0.05, 0.1) is 11.3 Å². The van der Waals surface area contributed by atoms with Gasteiger partial charge in [0.15, 0.2) is 0 Å². The van der Waals surface area contributed by atoms with Gasteiger partial charge in [0.2, 0.25) is 0 Å². The van der Waals surface area contributed by atoms with Crippen LogP contribution in [0.5, 0.6) is 0 Å². The fraction of sp³-hybridized carbons (Fsp3) is 0.333. The Bertz CT molecular complexity index is 1250. The number of nitrogens with one attached hydrogen (secondary N) is 4. The van der Waals surface area contributed by atoms with E-state index in [0.717, 1.165) is 30.8 Å². The maximum atomic E-state index is 12.9. The number of carbonyl (C=O) groups is 2. The number of hydrogen-bond acceptors (Lipinski definition) is 8. The molecule has 3 heterocycles. The van der Waals surface area contributed by atoms with E-state index in [2.05, 4.69) is 36.1 Å². The summed E-state index contributed by atoms with van der Waals surface area (Å²) in [5.41, 5.74) is 9.09. The highest BCUT2D eigenvalue weighted by atomic mass is 32.2.